The Kier molecular flexibility index (Phi) is 3.19. The molecule has 3 rings (SSSR count). The number of nitrogens with zero attached hydrogens (tertiary/aromatic N) is 3. The molecular formula is C14H16N4. The summed E-state index contributed by atoms with van der Waals surface area (Å²) in [6, 6.07) is 4.04. The van der Waals surface area contributed by atoms with Crippen molar-refractivity contribution in [2.24, 2.45) is 0 Å². The molecule has 1 aliphatic rings. The molecule has 0 saturated heterocycles. The summed E-state index contributed by atoms with van der Waals surface area (Å²) in [5, 5.41) is 3.33. The molecule has 0 atom stereocenters. The van der Waals surface area contributed by atoms with E-state index in [0.717, 1.165) is 37.3 Å². The van der Waals surface area contributed by atoms with Gasteiger partial charge in [0.2, 0.25) is 0 Å². The van der Waals surface area contributed by atoms with Crippen LogP contribution in [0.25, 0.3) is 11.3 Å². The van der Waals surface area contributed by atoms with Gasteiger partial charge in [-0.2, -0.15) is 0 Å². The van der Waals surface area contributed by atoms with Gasteiger partial charge in [-0.3, -0.25) is 4.98 Å². The van der Waals surface area contributed by atoms with E-state index in [1.807, 2.05) is 37.1 Å². The van der Waals surface area contributed by atoms with Crippen molar-refractivity contribution in [3.63, 3.8) is 0 Å². The summed E-state index contributed by atoms with van der Waals surface area (Å²) in [5.74, 6) is 0. The van der Waals surface area contributed by atoms with Crippen molar-refractivity contribution in [3.05, 3.63) is 48.7 Å². The number of aromatic nitrogens is 3. The Morgan fingerprint density at radius 1 is 1.22 bits per heavy atom. The summed E-state index contributed by atoms with van der Waals surface area (Å²) in [6.45, 7) is 2.99. The van der Waals surface area contributed by atoms with Crippen LogP contribution in [-0.2, 0) is 6.54 Å². The van der Waals surface area contributed by atoms with Gasteiger partial charge in [-0.25, -0.2) is 4.98 Å². The molecule has 0 bridgehead atoms. The van der Waals surface area contributed by atoms with Gasteiger partial charge in [0, 0.05) is 31.0 Å². The summed E-state index contributed by atoms with van der Waals surface area (Å²) in [7, 11) is 0. The van der Waals surface area contributed by atoms with Crippen molar-refractivity contribution in [1.82, 2.24) is 19.9 Å². The van der Waals surface area contributed by atoms with Crippen LogP contribution in [0.15, 0.2) is 48.7 Å². The first-order valence-electron chi connectivity index (χ1n) is 6.22. The normalized spacial score (nSPS) is 15.4. The van der Waals surface area contributed by atoms with Gasteiger partial charge >= 0.3 is 0 Å². The molecule has 0 radical (unpaired) electrons. The predicted octanol–water partition coefficient (Wildman–Crippen LogP) is 1.86. The van der Waals surface area contributed by atoms with Gasteiger partial charge in [-0.15, -0.1) is 0 Å². The standard InChI is InChI=1S/C14H16N4/c1-5-15-6-2-12(1)10-18-11-17-9-14(18)13-3-7-16-8-4-13/h1,3-4,7-9,11,15H,2,5-6,10H2. The average Bonchev–Trinajstić information content (AvgIpc) is 2.89. The zero-order chi connectivity index (χ0) is 12.2. The van der Waals surface area contributed by atoms with Crippen LogP contribution < -0.4 is 5.32 Å². The largest absolute Gasteiger partial charge is 0.326 e. The SMILES string of the molecule is C1=C(Cn2cncc2-c2ccncc2)CCNC1. The lowest BCUT2D eigenvalue weighted by Crippen LogP contribution is -2.22. The predicted molar refractivity (Wildman–Crippen MR) is 71.0 cm³/mol. The smallest absolute Gasteiger partial charge is 0.0954 e. The molecule has 0 saturated carbocycles. The van der Waals surface area contributed by atoms with E-state index in [1.54, 1.807) is 0 Å². The maximum atomic E-state index is 4.26. The van der Waals surface area contributed by atoms with Crippen molar-refractivity contribution in [2.45, 2.75) is 13.0 Å². The van der Waals surface area contributed by atoms with Crippen molar-refractivity contribution in [2.75, 3.05) is 13.1 Å². The topological polar surface area (TPSA) is 42.7 Å². The molecule has 2 aromatic rings. The van der Waals surface area contributed by atoms with Gasteiger partial charge < -0.3 is 9.88 Å². The van der Waals surface area contributed by atoms with Crippen LogP contribution in [0.5, 0.6) is 0 Å². The number of nitrogens with one attached hydrogen (secondary N) is 1. The van der Waals surface area contributed by atoms with Crippen LogP contribution in [0.1, 0.15) is 6.42 Å². The summed E-state index contributed by atoms with van der Waals surface area (Å²) >= 11 is 0. The van der Waals surface area contributed by atoms with E-state index in [0.29, 0.717) is 0 Å². The van der Waals surface area contributed by atoms with E-state index >= 15 is 0 Å². The number of rotatable bonds is 3. The fourth-order valence-corrected chi connectivity index (χ4v) is 2.24. The highest BCUT2D eigenvalue weighted by Crippen LogP contribution is 2.19. The van der Waals surface area contributed by atoms with Crippen molar-refractivity contribution >= 4 is 0 Å². The summed E-state index contributed by atoms with van der Waals surface area (Å²) in [4.78, 5) is 8.32. The highest BCUT2D eigenvalue weighted by molar-refractivity contribution is 5.57. The van der Waals surface area contributed by atoms with E-state index in [2.05, 4.69) is 25.9 Å². The average molecular weight is 240 g/mol. The van der Waals surface area contributed by atoms with Crippen LogP contribution in [0, 0.1) is 0 Å². The third kappa shape index (κ3) is 2.33. The Hall–Kier alpha value is -1.94. The van der Waals surface area contributed by atoms with Gasteiger partial charge in [-0.05, 0) is 25.1 Å². The van der Waals surface area contributed by atoms with E-state index in [-0.39, 0.29) is 0 Å². The van der Waals surface area contributed by atoms with Gasteiger partial charge in [0.15, 0.2) is 0 Å². The summed E-state index contributed by atoms with van der Waals surface area (Å²) in [5.41, 5.74) is 3.79. The van der Waals surface area contributed by atoms with E-state index in [9.17, 15) is 0 Å². The molecule has 18 heavy (non-hydrogen) atoms. The van der Waals surface area contributed by atoms with Gasteiger partial charge in [0.25, 0.3) is 0 Å². The zero-order valence-corrected chi connectivity index (χ0v) is 10.2. The second-order valence-electron chi connectivity index (χ2n) is 4.46. The first-order valence-corrected chi connectivity index (χ1v) is 6.22. The van der Waals surface area contributed by atoms with E-state index in [1.165, 1.54) is 5.57 Å². The summed E-state index contributed by atoms with van der Waals surface area (Å²) < 4.78 is 2.20. The lowest BCUT2D eigenvalue weighted by Gasteiger charge is -2.16. The third-order valence-electron chi connectivity index (χ3n) is 3.22. The molecule has 0 spiro atoms. The second-order valence-corrected chi connectivity index (χ2v) is 4.46. The lowest BCUT2D eigenvalue weighted by atomic mass is 10.1. The fourth-order valence-electron chi connectivity index (χ4n) is 2.24. The Balaban J connectivity index is 1.86. The molecule has 2 aromatic heterocycles. The highest BCUT2D eigenvalue weighted by atomic mass is 15.0. The van der Waals surface area contributed by atoms with Crippen LogP contribution in [-0.4, -0.2) is 27.6 Å². The highest BCUT2D eigenvalue weighted by Gasteiger charge is 2.08. The van der Waals surface area contributed by atoms with E-state index in [4.69, 9.17) is 0 Å². The molecule has 0 amide bonds. The molecule has 0 aromatic carbocycles. The monoisotopic (exact) mass is 240 g/mol. The molecule has 1 N–H and O–H groups in total. The minimum atomic E-state index is 0.930. The molecule has 4 nitrogen and oxygen atoms in total. The van der Waals surface area contributed by atoms with Crippen LogP contribution in [0.2, 0.25) is 0 Å². The fraction of sp³-hybridized carbons (Fsp3) is 0.286. The maximum Gasteiger partial charge on any atom is 0.0954 e. The van der Waals surface area contributed by atoms with Crippen LogP contribution in [0.4, 0.5) is 0 Å². The number of imidazole rings is 1. The molecule has 0 fully saturated rings. The Morgan fingerprint density at radius 3 is 2.89 bits per heavy atom. The Bertz CT molecular complexity index is 542. The Labute approximate surface area is 106 Å². The maximum absolute atomic E-state index is 4.26. The number of hydrogen-bond donors (Lipinski definition) is 1. The van der Waals surface area contributed by atoms with Gasteiger partial charge in [-0.1, -0.05) is 11.6 Å². The zero-order valence-electron chi connectivity index (χ0n) is 10.2. The summed E-state index contributed by atoms with van der Waals surface area (Å²) in [6.07, 6.45) is 10.8. The van der Waals surface area contributed by atoms with Crippen molar-refractivity contribution in [1.29, 1.82) is 0 Å². The molecule has 1 aliphatic heterocycles. The third-order valence-corrected chi connectivity index (χ3v) is 3.22. The second kappa shape index (κ2) is 5.14. The molecular weight excluding hydrogens is 224 g/mol. The number of hydrogen-bond acceptors (Lipinski definition) is 3. The molecule has 0 unspecified atom stereocenters. The molecule has 92 valence electrons. The van der Waals surface area contributed by atoms with Gasteiger partial charge in [0.05, 0.1) is 18.2 Å². The molecule has 3 heterocycles. The van der Waals surface area contributed by atoms with Crippen LogP contribution in [0.3, 0.4) is 0 Å². The van der Waals surface area contributed by atoms with Crippen molar-refractivity contribution < 1.29 is 0 Å². The van der Waals surface area contributed by atoms with Crippen molar-refractivity contribution in [3.8, 4) is 11.3 Å². The Morgan fingerprint density at radius 2 is 2.11 bits per heavy atom. The molecule has 0 aliphatic carbocycles. The lowest BCUT2D eigenvalue weighted by molar-refractivity contribution is 0.652. The van der Waals surface area contributed by atoms with Gasteiger partial charge in [0.1, 0.15) is 0 Å². The molecule has 4 heteroatoms. The minimum absolute atomic E-state index is 0.930. The minimum Gasteiger partial charge on any atom is -0.326 e. The number of pyridine rings is 1. The first-order chi connectivity index (χ1) is 8.93. The first kappa shape index (κ1) is 11.2. The van der Waals surface area contributed by atoms with Crippen LogP contribution >= 0.6 is 0 Å². The quantitative estimate of drug-likeness (QED) is 0.833. The van der Waals surface area contributed by atoms with E-state index < -0.39 is 0 Å².